The zero-order valence-electron chi connectivity index (χ0n) is 15.5. The molecule has 0 spiro atoms. The molecule has 0 saturated heterocycles. The first-order chi connectivity index (χ1) is 14.9. The van der Waals surface area contributed by atoms with Gasteiger partial charge in [0.1, 0.15) is 0 Å². The van der Waals surface area contributed by atoms with Crippen LogP contribution < -0.4 is 5.32 Å². The Labute approximate surface area is 187 Å². The van der Waals surface area contributed by atoms with Gasteiger partial charge in [0.15, 0.2) is 10.2 Å². The second-order valence-corrected chi connectivity index (χ2v) is 8.80. The maximum Gasteiger partial charge on any atom is 0.418 e. The van der Waals surface area contributed by atoms with Crippen LogP contribution in [-0.4, -0.2) is 30.4 Å². The molecule has 0 aliphatic heterocycles. The van der Waals surface area contributed by atoms with Gasteiger partial charge >= 0.3 is 6.18 Å². The van der Waals surface area contributed by atoms with Gasteiger partial charge in [0, 0.05) is 11.6 Å². The average molecular weight is 484 g/mol. The number of rotatable bonds is 7. The Bertz CT molecular complexity index is 1160. The number of nitrogens with zero attached hydrogens (tertiary/aromatic N) is 6. The van der Waals surface area contributed by atoms with Gasteiger partial charge in [-0.1, -0.05) is 65.0 Å². The Morgan fingerprint density at radius 3 is 2.65 bits per heavy atom. The van der Waals surface area contributed by atoms with E-state index >= 15 is 0 Å². The highest BCUT2D eigenvalue weighted by Crippen LogP contribution is 2.36. The summed E-state index contributed by atoms with van der Waals surface area (Å²) in [4.78, 5) is 0. The van der Waals surface area contributed by atoms with Crippen molar-refractivity contribution in [2.24, 2.45) is 0 Å². The maximum absolute atomic E-state index is 13.4. The number of halogens is 4. The molecule has 0 atom stereocenters. The molecule has 4 rings (SSSR count). The van der Waals surface area contributed by atoms with Gasteiger partial charge < -0.3 is 5.32 Å². The van der Waals surface area contributed by atoms with E-state index in [9.17, 15) is 13.2 Å². The van der Waals surface area contributed by atoms with E-state index in [1.54, 1.807) is 0 Å². The molecule has 0 saturated carbocycles. The molecule has 2 heterocycles. The van der Waals surface area contributed by atoms with Crippen molar-refractivity contribution in [3.05, 3.63) is 70.5 Å². The summed E-state index contributed by atoms with van der Waals surface area (Å²) < 4.78 is 42.0. The fraction of sp³-hybridized carbons (Fsp3) is 0.167. The van der Waals surface area contributed by atoms with E-state index in [0.717, 1.165) is 16.3 Å². The summed E-state index contributed by atoms with van der Waals surface area (Å²) in [6.45, 7) is 0.606. The molecule has 31 heavy (non-hydrogen) atoms. The quantitative estimate of drug-likeness (QED) is 0.366. The van der Waals surface area contributed by atoms with E-state index in [0.29, 0.717) is 16.0 Å². The van der Waals surface area contributed by atoms with E-state index in [1.807, 2.05) is 30.3 Å². The molecule has 0 fully saturated rings. The smallest absolute Gasteiger partial charge is 0.356 e. The lowest BCUT2D eigenvalue weighted by atomic mass is 10.1. The van der Waals surface area contributed by atoms with Crippen LogP contribution in [-0.2, 0) is 18.5 Å². The lowest BCUT2D eigenvalue weighted by Gasteiger charge is -2.13. The predicted octanol–water partition coefficient (Wildman–Crippen LogP) is 5.09. The molecule has 7 nitrogen and oxygen atoms in total. The average Bonchev–Trinajstić information content (AvgIpc) is 3.40. The van der Waals surface area contributed by atoms with Crippen LogP contribution in [0.2, 0.25) is 5.02 Å². The number of tetrazole rings is 1. The summed E-state index contributed by atoms with van der Waals surface area (Å²) in [6.07, 6.45) is -4.60. The fourth-order valence-electron chi connectivity index (χ4n) is 2.64. The van der Waals surface area contributed by atoms with Crippen LogP contribution >= 0.6 is 34.7 Å². The molecule has 0 amide bonds. The molecule has 2 aromatic carbocycles. The molecule has 160 valence electrons. The molecule has 13 heteroatoms. The van der Waals surface area contributed by atoms with Gasteiger partial charge in [-0.05, 0) is 34.2 Å². The van der Waals surface area contributed by atoms with Gasteiger partial charge in [0.25, 0.3) is 0 Å². The highest BCUT2D eigenvalue weighted by molar-refractivity contribution is 8.00. The van der Waals surface area contributed by atoms with Crippen molar-refractivity contribution in [3.63, 3.8) is 0 Å². The second-order valence-electron chi connectivity index (χ2n) is 6.17. The molecule has 0 bridgehead atoms. The van der Waals surface area contributed by atoms with Crippen molar-refractivity contribution in [2.45, 2.75) is 22.8 Å². The molecule has 0 radical (unpaired) electrons. The van der Waals surface area contributed by atoms with Crippen molar-refractivity contribution < 1.29 is 13.2 Å². The highest BCUT2D eigenvalue weighted by atomic mass is 35.5. The number of thioether (sulfide) groups is 1. The molecule has 2 aromatic heterocycles. The van der Waals surface area contributed by atoms with Crippen molar-refractivity contribution in [1.29, 1.82) is 0 Å². The lowest BCUT2D eigenvalue weighted by Crippen LogP contribution is -2.13. The first-order valence-electron chi connectivity index (χ1n) is 8.78. The summed E-state index contributed by atoms with van der Waals surface area (Å²) in [6, 6.07) is 13.3. The number of benzene rings is 2. The molecule has 1 N–H and O–H groups in total. The van der Waals surface area contributed by atoms with Gasteiger partial charge in [-0.25, -0.2) is 0 Å². The molecular formula is C18H13ClF3N7S2. The molecule has 4 aromatic rings. The third-order valence-electron chi connectivity index (χ3n) is 4.04. The minimum absolute atomic E-state index is 0.0236. The first kappa shape index (κ1) is 21.5. The summed E-state index contributed by atoms with van der Waals surface area (Å²) >= 11 is 8.37. The summed E-state index contributed by atoms with van der Waals surface area (Å²) in [5, 5.41) is 23.1. The molecule has 0 unspecified atom stereocenters. The van der Waals surface area contributed by atoms with Gasteiger partial charge in [-0.3, -0.25) is 0 Å². The van der Waals surface area contributed by atoms with Crippen molar-refractivity contribution in [2.75, 3.05) is 5.32 Å². The number of anilines is 1. The summed E-state index contributed by atoms with van der Waals surface area (Å²) in [7, 11) is 0. The van der Waals surface area contributed by atoms with Crippen LogP contribution in [0.5, 0.6) is 0 Å². The Kier molecular flexibility index (Phi) is 6.39. The zero-order chi connectivity index (χ0) is 21.8. The molecule has 0 aliphatic rings. The topological polar surface area (TPSA) is 81.4 Å². The SMILES string of the molecule is FC(F)(F)c1cc(Cl)ccc1-n1nnnc1CSc1nnc(NCc2ccccc2)s1. The van der Waals surface area contributed by atoms with E-state index < -0.39 is 11.7 Å². The largest absolute Gasteiger partial charge is 0.418 e. The van der Waals surface area contributed by atoms with Crippen LogP contribution in [0, 0.1) is 0 Å². The Balaban J connectivity index is 1.45. The second kappa shape index (κ2) is 9.20. The summed E-state index contributed by atoms with van der Waals surface area (Å²) in [5.74, 6) is 0.451. The number of nitrogens with one attached hydrogen (secondary N) is 1. The summed E-state index contributed by atoms with van der Waals surface area (Å²) in [5.41, 5.74) is -0.00337. The Morgan fingerprint density at radius 1 is 1.06 bits per heavy atom. The van der Waals surface area contributed by atoms with Crippen LogP contribution in [0.3, 0.4) is 0 Å². The third-order valence-corrected chi connectivity index (χ3v) is 6.29. The number of aromatic nitrogens is 6. The minimum Gasteiger partial charge on any atom is -0.356 e. The van der Waals surface area contributed by atoms with Crippen LogP contribution in [0.1, 0.15) is 17.0 Å². The van der Waals surface area contributed by atoms with Crippen LogP contribution in [0.25, 0.3) is 5.69 Å². The van der Waals surface area contributed by atoms with Crippen molar-refractivity contribution >= 4 is 39.8 Å². The van der Waals surface area contributed by atoms with Crippen LogP contribution in [0.15, 0.2) is 52.9 Å². The van der Waals surface area contributed by atoms with E-state index in [2.05, 4.69) is 31.0 Å². The highest BCUT2D eigenvalue weighted by Gasteiger charge is 2.35. The van der Waals surface area contributed by atoms with E-state index in [4.69, 9.17) is 11.6 Å². The van der Waals surface area contributed by atoms with Crippen LogP contribution in [0.4, 0.5) is 18.3 Å². The fourth-order valence-corrected chi connectivity index (χ4v) is 4.47. The van der Waals surface area contributed by atoms with Gasteiger partial charge in [0.05, 0.1) is 17.0 Å². The predicted molar refractivity (Wildman–Crippen MR) is 112 cm³/mol. The first-order valence-corrected chi connectivity index (χ1v) is 11.0. The Hall–Kier alpha value is -2.70. The monoisotopic (exact) mass is 483 g/mol. The maximum atomic E-state index is 13.4. The standard InChI is InChI=1S/C18H13ClF3N7S2/c19-12-6-7-14(13(8-12)18(20,21)22)29-15(24-27-28-29)10-30-17-26-25-16(31-17)23-9-11-4-2-1-3-5-11/h1-8H,9-10H2,(H,23,25). The normalized spacial score (nSPS) is 11.6. The van der Waals surface area contributed by atoms with Gasteiger partial charge in [-0.15, -0.1) is 15.3 Å². The molecule has 0 aliphatic carbocycles. The molecular weight excluding hydrogens is 471 g/mol. The minimum atomic E-state index is -4.60. The zero-order valence-corrected chi connectivity index (χ0v) is 17.9. The third kappa shape index (κ3) is 5.32. The van der Waals surface area contributed by atoms with Gasteiger partial charge in [-0.2, -0.15) is 17.9 Å². The van der Waals surface area contributed by atoms with E-state index in [1.165, 1.54) is 35.2 Å². The number of hydrogen-bond acceptors (Lipinski definition) is 8. The number of hydrogen-bond donors (Lipinski definition) is 1. The Morgan fingerprint density at radius 2 is 1.87 bits per heavy atom. The lowest BCUT2D eigenvalue weighted by molar-refractivity contribution is -0.137. The number of alkyl halides is 3. The van der Waals surface area contributed by atoms with Crippen molar-refractivity contribution in [3.8, 4) is 5.69 Å². The van der Waals surface area contributed by atoms with Gasteiger partial charge in [0.2, 0.25) is 5.13 Å². The van der Waals surface area contributed by atoms with E-state index in [-0.39, 0.29) is 22.3 Å². The van der Waals surface area contributed by atoms with Crippen molar-refractivity contribution in [1.82, 2.24) is 30.4 Å².